The molecule has 1 aliphatic rings. The first-order chi connectivity index (χ1) is 26.5. The van der Waals surface area contributed by atoms with Crippen LogP contribution >= 0.6 is 26.5 Å². The average molecular weight is 817 g/mol. The molecule has 0 unspecified atom stereocenters. The van der Waals surface area contributed by atoms with Crippen LogP contribution in [0.15, 0.2) is 66.7 Å². The Morgan fingerprint density at radius 1 is 0.782 bits per heavy atom. The van der Waals surface area contributed by atoms with Crippen molar-refractivity contribution in [2.24, 2.45) is 0 Å². The number of ether oxygens (including phenoxy) is 2. The SMILES string of the molecule is CCOP(=O)(OCC)C(NC(=O)COc1ccc(-c2sc3cc(O)ccc3c2C(=O)c2ccc(OCCN3CCCCC3)cc2)cc1)P(=O)(OCC)OCC. The van der Waals surface area contributed by atoms with Crippen molar-refractivity contribution in [1.82, 2.24) is 10.2 Å². The molecule has 0 aliphatic carbocycles. The van der Waals surface area contributed by atoms with E-state index in [9.17, 15) is 23.8 Å². The summed E-state index contributed by atoms with van der Waals surface area (Å²) in [4.78, 5) is 30.4. The summed E-state index contributed by atoms with van der Waals surface area (Å²) in [6.45, 7) is 9.32. The number of nitrogens with one attached hydrogen (secondary N) is 1. The van der Waals surface area contributed by atoms with Gasteiger partial charge in [0.05, 0.1) is 26.4 Å². The van der Waals surface area contributed by atoms with Crippen molar-refractivity contribution < 1.29 is 51.4 Å². The smallest absolute Gasteiger partial charge is 0.365 e. The maximum absolute atomic E-state index is 14.1. The van der Waals surface area contributed by atoms with Crippen LogP contribution in [0.2, 0.25) is 0 Å². The number of rotatable bonds is 21. The van der Waals surface area contributed by atoms with Gasteiger partial charge in [0.25, 0.3) is 5.91 Å². The molecule has 2 N–H and O–H groups in total. The van der Waals surface area contributed by atoms with Gasteiger partial charge in [-0.3, -0.25) is 23.6 Å². The van der Waals surface area contributed by atoms with Gasteiger partial charge in [-0.1, -0.05) is 6.42 Å². The van der Waals surface area contributed by atoms with Crippen molar-refractivity contribution in [2.45, 2.75) is 52.5 Å². The summed E-state index contributed by atoms with van der Waals surface area (Å²) in [5, 5.41) is 13.4. The van der Waals surface area contributed by atoms with Crippen LogP contribution in [-0.4, -0.2) is 86.5 Å². The van der Waals surface area contributed by atoms with Crippen LogP contribution in [0.3, 0.4) is 0 Å². The van der Waals surface area contributed by atoms with Crippen molar-refractivity contribution >= 4 is 48.3 Å². The Balaban J connectivity index is 1.31. The number of benzene rings is 3. The maximum Gasteiger partial charge on any atom is 0.365 e. The summed E-state index contributed by atoms with van der Waals surface area (Å²) in [5.41, 5.74) is -0.00543. The Labute approximate surface area is 326 Å². The molecule has 13 nitrogen and oxygen atoms in total. The van der Waals surface area contributed by atoms with Crippen molar-refractivity contribution in [2.75, 3.05) is 59.3 Å². The predicted molar refractivity (Wildman–Crippen MR) is 214 cm³/mol. The minimum Gasteiger partial charge on any atom is -0.508 e. The average Bonchev–Trinajstić information content (AvgIpc) is 3.55. The lowest BCUT2D eigenvalue weighted by Gasteiger charge is -2.31. The van der Waals surface area contributed by atoms with Crippen molar-refractivity contribution in [3.63, 3.8) is 0 Å². The standard InChI is InChI=1S/C39H50N2O11P2S/c1-5-49-53(45,50-6-2)39(54(46,51-7-3)52-8-4)40-35(43)27-48-32-19-14-29(15-20-32)38-36(33-21-16-30(42)26-34(33)55-38)37(44)28-12-17-31(18-13-28)47-25-24-41-22-10-9-11-23-41/h12-21,26,39,42H,5-11,22-25,27H2,1-4H3,(H,40,43). The number of ketones is 1. The zero-order valence-corrected chi connectivity index (χ0v) is 34.3. The maximum atomic E-state index is 14.1. The van der Waals surface area contributed by atoms with Gasteiger partial charge < -0.3 is 38.0 Å². The van der Waals surface area contributed by atoms with Gasteiger partial charge in [0.1, 0.15) is 23.9 Å². The van der Waals surface area contributed by atoms with E-state index in [0.29, 0.717) is 39.5 Å². The van der Waals surface area contributed by atoms with Gasteiger partial charge >= 0.3 is 15.2 Å². The van der Waals surface area contributed by atoms with Crippen LogP contribution in [0.25, 0.3) is 20.5 Å². The Morgan fingerprint density at radius 3 is 1.93 bits per heavy atom. The van der Waals surface area contributed by atoms with E-state index in [1.54, 1.807) is 82.3 Å². The minimum atomic E-state index is -4.21. The summed E-state index contributed by atoms with van der Waals surface area (Å²) in [6, 6.07) is 18.9. The molecular formula is C39H50N2O11P2S. The summed E-state index contributed by atoms with van der Waals surface area (Å²) in [6.07, 6.45) is 3.73. The summed E-state index contributed by atoms with van der Waals surface area (Å²) in [5.74, 6) is 0.180. The van der Waals surface area contributed by atoms with Gasteiger partial charge in [-0.15, -0.1) is 11.3 Å². The molecular weight excluding hydrogens is 766 g/mol. The van der Waals surface area contributed by atoms with Crippen LogP contribution in [0, 0.1) is 0 Å². The lowest BCUT2D eigenvalue weighted by atomic mass is 9.97. The molecule has 1 saturated heterocycles. The third-order valence-corrected chi connectivity index (χ3v) is 15.6. The molecule has 1 amide bonds. The van der Waals surface area contributed by atoms with E-state index in [2.05, 4.69) is 10.2 Å². The topological polar surface area (TPSA) is 159 Å². The number of hydrogen-bond donors (Lipinski definition) is 2. The lowest BCUT2D eigenvalue weighted by Crippen LogP contribution is -2.39. The second kappa shape index (κ2) is 20.0. The molecule has 1 aromatic heterocycles. The number of aromatic hydroxyl groups is 1. The first-order valence-electron chi connectivity index (χ1n) is 18.6. The van der Waals surface area contributed by atoms with Gasteiger partial charge in [-0.25, -0.2) is 0 Å². The summed E-state index contributed by atoms with van der Waals surface area (Å²) < 4.78 is 61.7. The summed E-state index contributed by atoms with van der Waals surface area (Å²) >= 11 is 1.38. The molecule has 1 fully saturated rings. The second-order valence-electron chi connectivity index (χ2n) is 12.6. The molecule has 4 aromatic rings. The van der Waals surface area contributed by atoms with E-state index in [1.807, 2.05) is 12.1 Å². The number of phenolic OH excluding ortho intramolecular Hbond substituents is 1. The highest BCUT2D eigenvalue weighted by molar-refractivity contribution is 7.72. The molecule has 55 heavy (non-hydrogen) atoms. The fourth-order valence-corrected chi connectivity index (χ4v) is 12.5. The van der Waals surface area contributed by atoms with Gasteiger partial charge in [-0.2, -0.15) is 0 Å². The van der Waals surface area contributed by atoms with Gasteiger partial charge in [0.15, 0.2) is 12.4 Å². The van der Waals surface area contributed by atoms with Crippen molar-refractivity contribution in [3.05, 3.63) is 77.9 Å². The molecule has 1 aliphatic heterocycles. The lowest BCUT2D eigenvalue weighted by molar-refractivity contribution is -0.123. The number of carbonyl (C=O) groups is 2. The Kier molecular flexibility index (Phi) is 15.5. The molecule has 0 saturated carbocycles. The number of likely N-dealkylation sites (tertiary alicyclic amines) is 1. The first-order valence-corrected chi connectivity index (χ1v) is 22.6. The number of amides is 1. The van der Waals surface area contributed by atoms with Crippen LogP contribution in [0.4, 0.5) is 0 Å². The fraction of sp³-hybridized carbons (Fsp3) is 0.436. The molecule has 0 spiro atoms. The minimum absolute atomic E-state index is 0.0424. The molecule has 2 heterocycles. The van der Waals surface area contributed by atoms with Crippen molar-refractivity contribution in [1.29, 1.82) is 0 Å². The quantitative estimate of drug-likeness (QED) is 0.0610. The number of carbonyl (C=O) groups excluding carboxylic acids is 2. The van der Waals surface area contributed by atoms with E-state index < -0.39 is 33.2 Å². The molecule has 3 aromatic carbocycles. The zero-order chi connectivity index (χ0) is 39.4. The number of hydrogen-bond acceptors (Lipinski definition) is 13. The highest BCUT2D eigenvalue weighted by atomic mass is 32.1. The molecule has 16 heteroatoms. The van der Waals surface area contributed by atoms with E-state index >= 15 is 0 Å². The van der Waals surface area contributed by atoms with E-state index in [4.69, 9.17) is 27.6 Å². The van der Waals surface area contributed by atoms with Crippen LogP contribution < -0.4 is 14.8 Å². The third kappa shape index (κ3) is 10.8. The molecule has 0 radical (unpaired) electrons. The Morgan fingerprint density at radius 2 is 1.35 bits per heavy atom. The predicted octanol–water partition coefficient (Wildman–Crippen LogP) is 8.68. The number of fused-ring (bicyclic) bond motifs is 1. The van der Waals surface area contributed by atoms with E-state index in [1.165, 1.54) is 30.6 Å². The number of phenols is 1. The highest BCUT2D eigenvalue weighted by Gasteiger charge is 2.52. The highest BCUT2D eigenvalue weighted by Crippen LogP contribution is 2.69. The van der Waals surface area contributed by atoms with Crippen molar-refractivity contribution in [3.8, 4) is 27.7 Å². The van der Waals surface area contributed by atoms with Crippen LogP contribution in [0.1, 0.15) is 62.9 Å². The third-order valence-electron chi connectivity index (χ3n) is 8.75. The van der Waals surface area contributed by atoms with Crippen LogP contribution in [0.5, 0.6) is 17.2 Å². The van der Waals surface area contributed by atoms with Gasteiger partial charge in [0, 0.05) is 32.6 Å². The largest absolute Gasteiger partial charge is 0.508 e. The molecule has 0 bridgehead atoms. The zero-order valence-electron chi connectivity index (χ0n) is 31.7. The first kappa shape index (κ1) is 42.6. The van der Waals surface area contributed by atoms with Gasteiger partial charge in [0.2, 0.25) is 5.52 Å². The van der Waals surface area contributed by atoms with Crippen LogP contribution in [-0.2, 0) is 32.0 Å². The fourth-order valence-electron chi connectivity index (χ4n) is 6.28. The normalized spacial score (nSPS) is 14.0. The molecule has 298 valence electrons. The number of thiophene rings is 1. The Bertz CT molecular complexity index is 1930. The van der Waals surface area contributed by atoms with E-state index in [0.717, 1.165) is 29.9 Å². The number of piperidine rings is 1. The number of nitrogens with zero attached hydrogens (tertiary/aromatic N) is 1. The summed E-state index contributed by atoms with van der Waals surface area (Å²) in [7, 11) is -8.43. The molecule has 0 atom stereocenters. The molecule has 5 rings (SSSR count). The second-order valence-corrected chi connectivity index (χ2v) is 18.3. The van der Waals surface area contributed by atoms with Gasteiger partial charge in [-0.05, 0) is 126 Å². The van der Waals surface area contributed by atoms with E-state index in [-0.39, 0.29) is 38.0 Å². The Hall–Kier alpha value is -3.58. The monoisotopic (exact) mass is 816 g/mol.